The van der Waals surface area contributed by atoms with E-state index in [1.54, 1.807) is 11.8 Å². The molecule has 1 aliphatic rings. The third kappa shape index (κ3) is 4.97. The molecule has 0 spiro atoms. The Labute approximate surface area is 153 Å². The van der Waals surface area contributed by atoms with E-state index < -0.39 is 0 Å². The third-order valence-electron chi connectivity index (χ3n) is 3.60. The first-order chi connectivity index (χ1) is 10.7. The lowest BCUT2D eigenvalue weighted by Gasteiger charge is -2.27. The van der Waals surface area contributed by atoms with Gasteiger partial charge in [-0.1, -0.05) is 38.4 Å². The largest absolute Gasteiger partial charge is 0.378 e. The molecule has 3 nitrogen and oxygen atoms in total. The molecule has 6 heteroatoms. The summed E-state index contributed by atoms with van der Waals surface area (Å²) in [7, 11) is 3.99. The summed E-state index contributed by atoms with van der Waals surface area (Å²) in [6.07, 6.45) is 0. The zero-order chi connectivity index (χ0) is 17.2. The first-order valence-corrected chi connectivity index (χ1v) is 10.1. The van der Waals surface area contributed by atoms with E-state index in [9.17, 15) is 4.79 Å². The van der Waals surface area contributed by atoms with Crippen LogP contribution >= 0.6 is 35.1 Å². The highest BCUT2D eigenvalue weighted by atomic mass is 35.5. The molecule has 128 valence electrons. The van der Waals surface area contributed by atoms with E-state index in [2.05, 4.69) is 32.9 Å². The lowest BCUT2D eigenvalue weighted by atomic mass is 10.1. The second-order valence-electron chi connectivity index (χ2n) is 6.81. The number of amides is 1. The first-order valence-electron chi connectivity index (χ1n) is 7.71. The summed E-state index contributed by atoms with van der Waals surface area (Å²) in [6, 6.07) is 6.09. The van der Waals surface area contributed by atoms with E-state index in [4.69, 9.17) is 11.6 Å². The molecular formula is C17H25ClN2OS2. The number of benzene rings is 1. The van der Waals surface area contributed by atoms with Crippen LogP contribution in [0.3, 0.4) is 0 Å². The SMILES string of the molecule is CN(C)c1ccc(C2SCC(=O)N2CCSC(C)(C)C)c(Cl)c1. The van der Waals surface area contributed by atoms with Crippen molar-refractivity contribution in [2.45, 2.75) is 30.9 Å². The Morgan fingerprint density at radius 1 is 1.39 bits per heavy atom. The summed E-state index contributed by atoms with van der Waals surface area (Å²) in [5.41, 5.74) is 2.11. The van der Waals surface area contributed by atoms with Crippen molar-refractivity contribution in [3.63, 3.8) is 0 Å². The summed E-state index contributed by atoms with van der Waals surface area (Å²) >= 11 is 10.0. The van der Waals surface area contributed by atoms with Gasteiger partial charge in [0, 0.05) is 47.4 Å². The third-order valence-corrected chi connectivity index (χ3v) is 6.42. The highest BCUT2D eigenvalue weighted by Gasteiger charge is 2.33. The summed E-state index contributed by atoms with van der Waals surface area (Å²) in [4.78, 5) is 16.2. The number of hydrogen-bond acceptors (Lipinski definition) is 4. The number of carbonyl (C=O) groups is 1. The van der Waals surface area contributed by atoms with E-state index in [1.165, 1.54) is 0 Å². The Bertz CT molecular complexity index is 572. The molecule has 0 radical (unpaired) electrons. The van der Waals surface area contributed by atoms with Gasteiger partial charge in [0.05, 0.1) is 5.75 Å². The van der Waals surface area contributed by atoms with Crippen molar-refractivity contribution in [3.8, 4) is 0 Å². The quantitative estimate of drug-likeness (QED) is 0.758. The topological polar surface area (TPSA) is 23.6 Å². The van der Waals surface area contributed by atoms with Crippen molar-refractivity contribution < 1.29 is 4.79 Å². The molecule has 0 bridgehead atoms. The number of halogens is 1. The summed E-state index contributed by atoms with van der Waals surface area (Å²) < 4.78 is 0.219. The zero-order valence-corrected chi connectivity index (χ0v) is 16.8. The standard InChI is InChI=1S/C17H25ClN2OS2/c1-17(2,3)23-9-8-20-15(21)11-22-16(20)13-7-6-12(19(4)5)10-14(13)18/h6-7,10,16H,8-9,11H2,1-5H3. The number of nitrogens with zero attached hydrogens (tertiary/aromatic N) is 2. The van der Waals surface area contributed by atoms with Crippen molar-refractivity contribution in [1.82, 2.24) is 4.90 Å². The van der Waals surface area contributed by atoms with Gasteiger partial charge in [0.15, 0.2) is 0 Å². The molecule has 1 amide bonds. The van der Waals surface area contributed by atoms with E-state index in [0.29, 0.717) is 5.75 Å². The smallest absolute Gasteiger partial charge is 0.233 e. The maximum Gasteiger partial charge on any atom is 0.233 e. The Kier molecular flexibility index (Phi) is 6.20. The average molecular weight is 373 g/mol. The lowest BCUT2D eigenvalue weighted by molar-refractivity contribution is -0.127. The molecular weight excluding hydrogens is 348 g/mol. The van der Waals surface area contributed by atoms with Crippen LogP contribution in [-0.4, -0.2) is 47.7 Å². The molecule has 1 fully saturated rings. The molecule has 2 rings (SSSR count). The molecule has 1 aliphatic heterocycles. The fourth-order valence-electron chi connectivity index (χ4n) is 2.40. The maximum absolute atomic E-state index is 12.2. The molecule has 23 heavy (non-hydrogen) atoms. The molecule has 1 aromatic rings. The zero-order valence-electron chi connectivity index (χ0n) is 14.4. The van der Waals surface area contributed by atoms with Crippen LogP contribution in [0.4, 0.5) is 5.69 Å². The monoisotopic (exact) mass is 372 g/mol. The van der Waals surface area contributed by atoms with Crippen LogP contribution in [0.1, 0.15) is 31.7 Å². The van der Waals surface area contributed by atoms with Crippen LogP contribution < -0.4 is 4.90 Å². The molecule has 1 saturated heterocycles. The van der Waals surface area contributed by atoms with Gasteiger partial charge in [0.25, 0.3) is 0 Å². The van der Waals surface area contributed by atoms with E-state index in [0.717, 1.165) is 28.6 Å². The van der Waals surface area contributed by atoms with E-state index in [1.807, 2.05) is 41.7 Å². The highest BCUT2D eigenvalue weighted by molar-refractivity contribution is 8.01. The van der Waals surface area contributed by atoms with Gasteiger partial charge in [-0.25, -0.2) is 0 Å². The molecule has 0 saturated carbocycles. The maximum atomic E-state index is 12.2. The van der Waals surface area contributed by atoms with E-state index >= 15 is 0 Å². The Balaban J connectivity index is 2.12. The highest BCUT2D eigenvalue weighted by Crippen LogP contribution is 2.42. The van der Waals surface area contributed by atoms with Crippen molar-refractivity contribution in [2.75, 3.05) is 37.0 Å². The average Bonchev–Trinajstić information content (AvgIpc) is 2.79. The number of carbonyl (C=O) groups excluding carboxylic acids is 1. The lowest BCUT2D eigenvalue weighted by Crippen LogP contribution is -2.31. The van der Waals surface area contributed by atoms with Gasteiger partial charge in [-0.05, 0) is 12.1 Å². The summed E-state index contributed by atoms with van der Waals surface area (Å²) in [6.45, 7) is 7.37. The van der Waals surface area contributed by atoms with Crippen LogP contribution in [0.2, 0.25) is 5.02 Å². The van der Waals surface area contributed by atoms with Gasteiger partial charge in [0.1, 0.15) is 5.37 Å². The Morgan fingerprint density at radius 3 is 2.65 bits per heavy atom. The van der Waals surface area contributed by atoms with Crippen LogP contribution in [-0.2, 0) is 4.79 Å². The Hall–Kier alpha value is -0.520. The summed E-state index contributed by atoms with van der Waals surface area (Å²) in [5.74, 6) is 1.69. The molecule has 1 heterocycles. The van der Waals surface area contributed by atoms with Crippen molar-refractivity contribution >= 4 is 46.7 Å². The molecule has 0 aromatic heterocycles. The number of anilines is 1. The predicted octanol–water partition coefficient (Wildman–Crippen LogP) is 4.51. The Morgan fingerprint density at radius 2 is 2.09 bits per heavy atom. The molecule has 1 atom stereocenters. The second-order valence-corrected chi connectivity index (χ2v) is 10.2. The molecule has 0 aliphatic carbocycles. The predicted molar refractivity (Wildman–Crippen MR) is 105 cm³/mol. The van der Waals surface area contributed by atoms with Gasteiger partial charge in [-0.15, -0.1) is 11.8 Å². The number of hydrogen-bond donors (Lipinski definition) is 0. The normalized spacial score (nSPS) is 18.6. The van der Waals surface area contributed by atoms with Gasteiger partial charge < -0.3 is 9.80 Å². The van der Waals surface area contributed by atoms with Gasteiger partial charge in [0.2, 0.25) is 5.91 Å². The van der Waals surface area contributed by atoms with Crippen molar-refractivity contribution in [3.05, 3.63) is 28.8 Å². The van der Waals surface area contributed by atoms with Gasteiger partial charge >= 0.3 is 0 Å². The molecule has 1 unspecified atom stereocenters. The number of thioether (sulfide) groups is 2. The van der Waals surface area contributed by atoms with Crippen molar-refractivity contribution in [2.24, 2.45) is 0 Å². The van der Waals surface area contributed by atoms with Gasteiger partial charge in [-0.3, -0.25) is 4.79 Å². The fraction of sp³-hybridized carbons (Fsp3) is 0.588. The molecule has 1 aromatic carbocycles. The number of rotatable bonds is 5. The van der Waals surface area contributed by atoms with Crippen LogP contribution in [0.25, 0.3) is 0 Å². The minimum atomic E-state index is 0.0341. The minimum absolute atomic E-state index is 0.0341. The summed E-state index contributed by atoms with van der Waals surface area (Å²) in [5, 5.41) is 0.767. The van der Waals surface area contributed by atoms with Crippen LogP contribution in [0, 0.1) is 0 Å². The first kappa shape index (κ1) is 18.8. The van der Waals surface area contributed by atoms with Crippen LogP contribution in [0.15, 0.2) is 18.2 Å². The van der Waals surface area contributed by atoms with Crippen LogP contribution in [0.5, 0.6) is 0 Å². The molecule has 0 N–H and O–H groups in total. The van der Waals surface area contributed by atoms with Gasteiger partial charge in [-0.2, -0.15) is 11.8 Å². The van der Waals surface area contributed by atoms with E-state index in [-0.39, 0.29) is 16.0 Å². The minimum Gasteiger partial charge on any atom is -0.378 e. The van der Waals surface area contributed by atoms with Crippen molar-refractivity contribution in [1.29, 1.82) is 0 Å². The second kappa shape index (κ2) is 7.58. The fourth-order valence-corrected chi connectivity index (χ4v) is 4.90.